The summed E-state index contributed by atoms with van der Waals surface area (Å²) in [6, 6.07) is 3.05. The van der Waals surface area contributed by atoms with Gasteiger partial charge in [0.05, 0.1) is 0 Å². The molecule has 1 aromatic rings. The highest BCUT2D eigenvalue weighted by molar-refractivity contribution is 9.10. The molecule has 0 amide bonds. The molecule has 114 valence electrons. The second kappa shape index (κ2) is 8.52. The minimum atomic E-state index is 0.767. The Labute approximate surface area is 136 Å². The van der Waals surface area contributed by atoms with Crippen molar-refractivity contribution in [1.82, 2.24) is 10.2 Å². The van der Waals surface area contributed by atoms with Crippen LogP contribution < -0.4 is 5.32 Å². The molecule has 1 fully saturated rings. The summed E-state index contributed by atoms with van der Waals surface area (Å²) >= 11 is 5.33. The molecule has 0 saturated heterocycles. The Balaban J connectivity index is 1.70. The SMILES string of the molecule is CC(C)CN(CCNCc1cc(Br)cs1)C1CCCC1. The fourth-order valence-electron chi connectivity index (χ4n) is 3.04. The summed E-state index contributed by atoms with van der Waals surface area (Å²) in [5.41, 5.74) is 0. The van der Waals surface area contributed by atoms with Gasteiger partial charge in [-0.05, 0) is 40.8 Å². The molecule has 2 nitrogen and oxygen atoms in total. The molecule has 20 heavy (non-hydrogen) atoms. The number of hydrogen-bond acceptors (Lipinski definition) is 3. The van der Waals surface area contributed by atoms with E-state index in [1.165, 1.54) is 48.1 Å². The zero-order chi connectivity index (χ0) is 14.4. The van der Waals surface area contributed by atoms with Crippen molar-refractivity contribution in [1.29, 1.82) is 0 Å². The van der Waals surface area contributed by atoms with Crippen molar-refractivity contribution >= 4 is 27.3 Å². The predicted molar refractivity (Wildman–Crippen MR) is 92.4 cm³/mol. The Morgan fingerprint density at radius 3 is 2.75 bits per heavy atom. The molecule has 0 atom stereocenters. The molecule has 4 heteroatoms. The maximum Gasteiger partial charge on any atom is 0.0300 e. The van der Waals surface area contributed by atoms with Gasteiger partial charge >= 0.3 is 0 Å². The summed E-state index contributed by atoms with van der Waals surface area (Å²) in [5.74, 6) is 0.767. The molecule has 0 unspecified atom stereocenters. The second-order valence-electron chi connectivity index (χ2n) is 6.24. The average Bonchev–Trinajstić information content (AvgIpc) is 3.04. The van der Waals surface area contributed by atoms with Gasteiger partial charge in [0.1, 0.15) is 0 Å². The fourth-order valence-corrected chi connectivity index (χ4v) is 4.46. The van der Waals surface area contributed by atoms with Crippen LogP contribution in [-0.2, 0) is 6.54 Å². The van der Waals surface area contributed by atoms with Crippen molar-refractivity contribution in [3.63, 3.8) is 0 Å². The maximum absolute atomic E-state index is 3.59. The van der Waals surface area contributed by atoms with Crippen LogP contribution in [-0.4, -0.2) is 30.6 Å². The lowest BCUT2D eigenvalue weighted by molar-refractivity contribution is 0.177. The van der Waals surface area contributed by atoms with Crippen molar-refractivity contribution in [2.75, 3.05) is 19.6 Å². The van der Waals surface area contributed by atoms with Gasteiger partial charge in [0.25, 0.3) is 0 Å². The van der Waals surface area contributed by atoms with E-state index in [1.807, 2.05) is 11.3 Å². The molecule has 1 aliphatic rings. The van der Waals surface area contributed by atoms with Crippen molar-refractivity contribution in [2.45, 2.75) is 52.1 Å². The van der Waals surface area contributed by atoms with Gasteiger partial charge < -0.3 is 5.32 Å². The highest BCUT2D eigenvalue weighted by Crippen LogP contribution is 2.24. The summed E-state index contributed by atoms with van der Waals surface area (Å²) in [6.07, 6.45) is 5.67. The quantitative estimate of drug-likeness (QED) is 0.688. The molecule has 0 radical (unpaired) electrons. The first-order chi connectivity index (χ1) is 9.65. The topological polar surface area (TPSA) is 15.3 Å². The number of rotatable bonds is 8. The molecule has 1 saturated carbocycles. The minimum absolute atomic E-state index is 0.767. The van der Waals surface area contributed by atoms with Crippen LogP contribution in [0.2, 0.25) is 0 Å². The smallest absolute Gasteiger partial charge is 0.0300 e. The van der Waals surface area contributed by atoms with E-state index in [-0.39, 0.29) is 0 Å². The molecule has 0 aliphatic heterocycles. The van der Waals surface area contributed by atoms with E-state index < -0.39 is 0 Å². The third-order valence-electron chi connectivity index (χ3n) is 3.94. The van der Waals surface area contributed by atoms with Crippen molar-refractivity contribution in [2.24, 2.45) is 5.92 Å². The standard InChI is InChI=1S/C16H27BrN2S/c1-13(2)11-19(15-5-3-4-6-15)8-7-18-10-16-9-14(17)12-20-16/h9,12-13,15,18H,3-8,10-11H2,1-2H3. The third-order valence-corrected chi connectivity index (χ3v) is 5.64. The van der Waals surface area contributed by atoms with Crippen LogP contribution in [0.3, 0.4) is 0 Å². The van der Waals surface area contributed by atoms with Gasteiger partial charge in [-0.1, -0.05) is 26.7 Å². The van der Waals surface area contributed by atoms with E-state index in [0.29, 0.717) is 0 Å². The lowest BCUT2D eigenvalue weighted by atomic mass is 10.1. The molecule has 0 bridgehead atoms. The van der Waals surface area contributed by atoms with E-state index in [2.05, 4.69) is 51.4 Å². The molecule has 1 N–H and O–H groups in total. The van der Waals surface area contributed by atoms with Crippen molar-refractivity contribution in [3.8, 4) is 0 Å². The van der Waals surface area contributed by atoms with E-state index >= 15 is 0 Å². The van der Waals surface area contributed by atoms with Gasteiger partial charge in [-0.3, -0.25) is 4.90 Å². The van der Waals surface area contributed by atoms with Crippen LogP contribution in [0.15, 0.2) is 15.9 Å². The van der Waals surface area contributed by atoms with Crippen molar-refractivity contribution in [3.05, 3.63) is 20.8 Å². The Kier molecular flexibility index (Phi) is 7.02. The van der Waals surface area contributed by atoms with E-state index in [4.69, 9.17) is 0 Å². The normalized spacial score (nSPS) is 16.6. The highest BCUT2D eigenvalue weighted by Gasteiger charge is 2.22. The monoisotopic (exact) mass is 358 g/mol. The van der Waals surface area contributed by atoms with Crippen LogP contribution in [0.1, 0.15) is 44.4 Å². The van der Waals surface area contributed by atoms with Gasteiger partial charge in [0.15, 0.2) is 0 Å². The van der Waals surface area contributed by atoms with Gasteiger partial charge in [-0.2, -0.15) is 0 Å². The number of thiophene rings is 1. The summed E-state index contributed by atoms with van der Waals surface area (Å²) in [4.78, 5) is 4.13. The van der Waals surface area contributed by atoms with Crippen LogP contribution in [0.4, 0.5) is 0 Å². The zero-order valence-electron chi connectivity index (χ0n) is 12.7. The van der Waals surface area contributed by atoms with Crippen molar-refractivity contribution < 1.29 is 0 Å². The van der Waals surface area contributed by atoms with Gasteiger partial charge in [0, 0.05) is 47.0 Å². The van der Waals surface area contributed by atoms with Crippen LogP contribution in [0.25, 0.3) is 0 Å². The molecular formula is C16H27BrN2S. The maximum atomic E-state index is 3.59. The number of hydrogen-bond donors (Lipinski definition) is 1. The number of halogens is 1. The zero-order valence-corrected chi connectivity index (χ0v) is 15.1. The third kappa shape index (κ3) is 5.47. The first-order valence-electron chi connectivity index (χ1n) is 7.83. The Hall–Kier alpha value is 0.1000. The molecular weight excluding hydrogens is 332 g/mol. The fraction of sp³-hybridized carbons (Fsp3) is 0.750. The number of nitrogens with one attached hydrogen (secondary N) is 1. The molecule has 0 aromatic carbocycles. The summed E-state index contributed by atoms with van der Waals surface area (Å²) in [6.45, 7) is 9.19. The Morgan fingerprint density at radius 1 is 1.40 bits per heavy atom. The lowest BCUT2D eigenvalue weighted by Crippen LogP contribution is -2.40. The molecule has 2 rings (SSSR count). The summed E-state index contributed by atoms with van der Waals surface area (Å²) in [5, 5.41) is 5.74. The van der Waals surface area contributed by atoms with Crippen LogP contribution >= 0.6 is 27.3 Å². The number of nitrogens with zero attached hydrogens (tertiary/aromatic N) is 1. The molecule has 0 spiro atoms. The predicted octanol–water partition coefficient (Wildman–Crippen LogP) is 4.50. The summed E-state index contributed by atoms with van der Waals surface area (Å²) in [7, 11) is 0. The first kappa shape index (κ1) is 16.5. The van der Waals surface area contributed by atoms with Crippen LogP contribution in [0, 0.1) is 5.92 Å². The first-order valence-corrected chi connectivity index (χ1v) is 9.50. The summed E-state index contributed by atoms with van der Waals surface area (Å²) < 4.78 is 1.20. The van der Waals surface area contributed by atoms with E-state index in [9.17, 15) is 0 Å². The molecule has 1 aromatic heterocycles. The molecule has 1 heterocycles. The van der Waals surface area contributed by atoms with Gasteiger partial charge in [-0.15, -0.1) is 11.3 Å². The lowest BCUT2D eigenvalue weighted by Gasteiger charge is -2.30. The largest absolute Gasteiger partial charge is 0.311 e. The Bertz CT molecular complexity index is 386. The molecule has 1 aliphatic carbocycles. The second-order valence-corrected chi connectivity index (χ2v) is 8.15. The average molecular weight is 359 g/mol. The minimum Gasteiger partial charge on any atom is -0.311 e. The van der Waals surface area contributed by atoms with Gasteiger partial charge in [0.2, 0.25) is 0 Å². The van der Waals surface area contributed by atoms with Crippen LogP contribution in [0.5, 0.6) is 0 Å². The van der Waals surface area contributed by atoms with E-state index in [0.717, 1.165) is 25.0 Å². The highest BCUT2D eigenvalue weighted by atomic mass is 79.9. The van der Waals surface area contributed by atoms with Gasteiger partial charge in [-0.25, -0.2) is 0 Å². The van der Waals surface area contributed by atoms with E-state index in [1.54, 1.807) is 0 Å². The Morgan fingerprint density at radius 2 is 2.15 bits per heavy atom.